The van der Waals surface area contributed by atoms with Gasteiger partial charge in [-0.3, -0.25) is 4.79 Å². The van der Waals surface area contributed by atoms with Gasteiger partial charge in [-0.2, -0.15) is 8.42 Å². The van der Waals surface area contributed by atoms with E-state index in [2.05, 4.69) is 0 Å². The molecule has 0 bridgehead atoms. The Hall–Kier alpha value is -2.05. The Morgan fingerprint density at radius 1 is 1.11 bits per heavy atom. The van der Waals surface area contributed by atoms with Crippen molar-refractivity contribution in [3.8, 4) is 5.75 Å². The van der Waals surface area contributed by atoms with E-state index in [-0.39, 0.29) is 23.5 Å². The topological polar surface area (TPSA) is 63.7 Å². The summed E-state index contributed by atoms with van der Waals surface area (Å²) in [6.07, 6.45) is 0. The molecule has 27 heavy (non-hydrogen) atoms. The summed E-state index contributed by atoms with van der Waals surface area (Å²) in [4.78, 5) is 14.6. The summed E-state index contributed by atoms with van der Waals surface area (Å²) >= 11 is 6.40. The lowest BCUT2D eigenvalue weighted by Gasteiger charge is -2.29. The summed E-state index contributed by atoms with van der Waals surface area (Å²) in [7, 11) is -3.60. The number of hydrogen-bond acceptors (Lipinski definition) is 4. The normalized spacial score (nSPS) is 12.6. The van der Waals surface area contributed by atoms with Crippen LogP contribution in [0.15, 0.2) is 54.6 Å². The summed E-state index contributed by atoms with van der Waals surface area (Å²) in [5.41, 5.74) is 1.50. The number of halogens is 1. The lowest BCUT2D eigenvalue weighted by atomic mass is 10.1. The van der Waals surface area contributed by atoms with Crippen molar-refractivity contribution in [1.82, 2.24) is 4.90 Å². The number of benzene rings is 2. The molecule has 0 aliphatic rings. The van der Waals surface area contributed by atoms with Crippen molar-refractivity contribution < 1.29 is 17.4 Å². The molecule has 7 heteroatoms. The van der Waals surface area contributed by atoms with E-state index in [4.69, 9.17) is 15.8 Å². The molecule has 1 atom stereocenters. The molecule has 0 aliphatic heterocycles. The molecular weight excluding hydrogens is 386 g/mol. The summed E-state index contributed by atoms with van der Waals surface area (Å²) < 4.78 is 28.4. The maximum absolute atomic E-state index is 12.9. The molecule has 2 aromatic carbocycles. The molecule has 2 aromatic rings. The Morgan fingerprint density at radius 2 is 1.78 bits per heavy atom. The fraction of sp³-hybridized carbons (Fsp3) is 0.350. The van der Waals surface area contributed by atoms with Gasteiger partial charge in [-0.15, -0.1) is 11.6 Å². The van der Waals surface area contributed by atoms with Crippen molar-refractivity contribution >= 4 is 27.6 Å². The van der Waals surface area contributed by atoms with Crippen molar-refractivity contribution in [2.45, 2.75) is 38.7 Å². The maximum Gasteiger partial charge on any atom is 0.308 e. The Labute approximate surface area is 166 Å². The molecular formula is C20H24ClNO4S. The number of rotatable bonds is 8. The Kier molecular flexibility index (Phi) is 7.27. The number of carbonyl (C=O) groups is 1. The van der Waals surface area contributed by atoms with Gasteiger partial charge in [0.15, 0.2) is 0 Å². The number of alkyl halides is 1. The van der Waals surface area contributed by atoms with Gasteiger partial charge >= 0.3 is 10.1 Å². The number of nitrogens with zero attached hydrogens (tertiary/aromatic N) is 1. The van der Waals surface area contributed by atoms with Crippen LogP contribution in [0.25, 0.3) is 0 Å². The minimum atomic E-state index is -3.60. The maximum atomic E-state index is 12.9. The lowest BCUT2D eigenvalue weighted by molar-refractivity contribution is -0.133. The molecule has 2 rings (SSSR count). The molecule has 1 amide bonds. The van der Waals surface area contributed by atoms with Gasteiger partial charge in [-0.1, -0.05) is 42.5 Å². The average Bonchev–Trinajstić information content (AvgIpc) is 2.65. The molecule has 0 heterocycles. The SMILES string of the molecule is CCS(=O)(=O)Oc1cccc(CN(C(=O)[C@H](Cl)c2ccccc2)C(C)C)c1. The fourth-order valence-corrected chi connectivity index (χ4v) is 3.31. The van der Waals surface area contributed by atoms with E-state index >= 15 is 0 Å². The van der Waals surface area contributed by atoms with Crippen LogP contribution in [0.1, 0.15) is 37.3 Å². The predicted molar refractivity (Wildman–Crippen MR) is 107 cm³/mol. The first-order valence-electron chi connectivity index (χ1n) is 8.74. The highest BCUT2D eigenvalue weighted by atomic mass is 35.5. The van der Waals surface area contributed by atoms with Gasteiger partial charge in [-0.05, 0) is 44.0 Å². The highest BCUT2D eigenvalue weighted by Gasteiger charge is 2.26. The number of carbonyl (C=O) groups excluding carboxylic acids is 1. The molecule has 0 radical (unpaired) electrons. The van der Waals surface area contributed by atoms with Gasteiger partial charge in [0.1, 0.15) is 11.1 Å². The van der Waals surface area contributed by atoms with E-state index in [1.54, 1.807) is 23.1 Å². The van der Waals surface area contributed by atoms with Crippen molar-refractivity contribution in [2.24, 2.45) is 0 Å². The molecule has 5 nitrogen and oxygen atoms in total. The summed E-state index contributed by atoms with van der Waals surface area (Å²) in [5, 5.41) is -0.784. The highest BCUT2D eigenvalue weighted by Crippen LogP contribution is 2.26. The van der Waals surface area contributed by atoms with Gasteiger partial charge in [0.05, 0.1) is 5.75 Å². The first-order chi connectivity index (χ1) is 12.7. The van der Waals surface area contributed by atoms with Gasteiger partial charge in [0.25, 0.3) is 0 Å². The number of hydrogen-bond donors (Lipinski definition) is 0. The van der Waals surface area contributed by atoms with E-state index in [1.807, 2.05) is 50.2 Å². The largest absolute Gasteiger partial charge is 0.382 e. The van der Waals surface area contributed by atoms with E-state index in [9.17, 15) is 13.2 Å². The van der Waals surface area contributed by atoms with E-state index in [0.717, 1.165) is 11.1 Å². The zero-order chi connectivity index (χ0) is 20.0. The Bertz CT molecular complexity index is 869. The van der Waals surface area contributed by atoms with Gasteiger partial charge in [0, 0.05) is 12.6 Å². The van der Waals surface area contributed by atoms with E-state index in [1.165, 1.54) is 6.92 Å². The predicted octanol–water partition coefficient (Wildman–Crippen LogP) is 4.13. The van der Waals surface area contributed by atoms with Crippen LogP contribution in [-0.4, -0.2) is 31.0 Å². The second-order valence-electron chi connectivity index (χ2n) is 6.41. The molecule has 0 saturated carbocycles. The molecule has 0 aliphatic carbocycles. The minimum Gasteiger partial charge on any atom is -0.382 e. The third-order valence-corrected chi connectivity index (χ3v) is 5.64. The second kappa shape index (κ2) is 9.24. The smallest absolute Gasteiger partial charge is 0.308 e. The molecule has 0 fully saturated rings. The third-order valence-electron chi connectivity index (χ3n) is 4.04. The molecule has 0 aromatic heterocycles. The van der Waals surface area contributed by atoms with Crippen molar-refractivity contribution in [2.75, 3.05) is 5.75 Å². The Balaban J connectivity index is 2.20. The third kappa shape index (κ3) is 5.97. The minimum absolute atomic E-state index is 0.0774. The van der Waals surface area contributed by atoms with Crippen LogP contribution in [-0.2, 0) is 21.5 Å². The first-order valence-corrected chi connectivity index (χ1v) is 10.8. The van der Waals surface area contributed by atoms with E-state index < -0.39 is 15.5 Å². The van der Waals surface area contributed by atoms with Crippen molar-refractivity contribution in [3.05, 3.63) is 65.7 Å². The van der Waals surface area contributed by atoms with Gasteiger partial charge < -0.3 is 9.08 Å². The van der Waals surface area contributed by atoms with Gasteiger partial charge in [0.2, 0.25) is 5.91 Å². The average molecular weight is 410 g/mol. The quantitative estimate of drug-likeness (QED) is 0.485. The Morgan fingerprint density at radius 3 is 2.37 bits per heavy atom. The molecule has 0 N–H and O–H groups in total. The van der Waals surface area contributed by atoms with Crippen LogP contribution < -0.4 is 4.18 Å². The molecule has 0 unspecified atom stereocenters. The summed E-state index contributed by atoms with van der Waals surface area (Å²) in [5.74, 6) is -0.0832. The van der Waals surface area contributed by atoms with Crippen molar-refractivity contribution in [1.29, 1.82) is 0 Å². The first kappa shape index (κ1) is 21.3. The second-order valence-corrected chi connectivity index (χ2v) is 8.71. The zero-order valence-electron chi connectivity index (χ0n) is 15.6. The standard InChI is InChI=1S/C20H24ClNO4S/c1-4-27(24,25)26-18-12-8-9-16(13-18)14-22(15(2)3)20(23)19(21)17-10-6-5-7-11-17/h5-13,15,19H,4,14H2,1-3H3/t19-/m1/s1. The fourth-order valence-electron chi connectivity index (χ4n) is 2.52. The van der Waals surface area contributed by atoms with Crippen LogP contribution in [0.3, 0.4) is 0 Å². The van der Waals surface area contributed by atoms with Gasteiger partial charge in [-0.25, -0.2) is 0 Å². The highest BCUT2D eigenvalue weighted by molar-refractivity contribution is 7.87. The molecule has 0 saturated heterocycles. The molecule has 146 valence electrons. The van der Waals surface area contributed by atoms with Crippen molar-refractivity contribution in [3.63, 3.8) is 0 Å². The summed E-state index contributed by atoms with van der Waals surface area (Å²) in [6, 6.07) is 15.8. The van der Waals surface area contributed by atoms with Crippen LogP contribution in [0.2, 0.25) is 0 Å². The van der Waals surface area contributed by atoms with E-state index in [0.29, 0.717) is 6.54 Å². The zero-order valence-corrected chi connectivity index (χ0v) is 17.2. The van der Waals surface area contributed by atoms with Crippen LogP contribution in [0, 0.1) is 0 Å². The van der Waals surface area contributed by atoms with Crippen LogP contribution in [0.4, 0.5) is 0 Å². The number of amides is 1. The molecule has 0 spiro atoms. The lowest BCUT2D eigenvalue weighted by Crippen LogP contribution is -2.38. The van der Waals surface area contributed by atoms with Crippen LogP contribution in [0.5, 0.6) is 5.75 Å². The summed E-state index contributed by atoms with van der Waals surface area (Å²) in [6.45, 7) is 5.64. The van der Waals surface area contributed by atoms with Crippen LogP contribution >= 0.6 is 11.6 Å². The monoisotopic (exact) mass is 409 g/mol.